The minimum absolute atomic E-state index is 0.0618. The van der Waals surface area contributed by atoms with Gasteiger partial charge in [-0.15, -0.1) is 0 Å². The highest BCUT2D eigenvalue weighted by Crippen LogP contribution is 2.28. The number of halogens is 3. The summed E-state index contributed by atoms with van der Waals surface area (Å²) in [5, 5.41) is 0. The summed E-state index contributed by atoms with van der Waals surface area (Å²) < 4.78 is 45.2. The Bertz CT molecular complexity index is 591. The van der Waals surface area contributed by atoms with Crippen LogP contribution < -0.4 is 10.5 Å². The average molecular weight is 267 g/mol. The van der Waals surface area contributed by atoms with Crippen LogP contribution in [0.4, 0.5) is 13.2 Å². The number of aryl methyl sites for hydroxylation is 1. The molecule has 2 nitrogen and oxygen atoms in total. The molecule has 0 saturated carbocycles. The predicted molar refractivity (Wildman–Crippen MR) is 65.5 cm³/mol. The second-order valence-electron chi connectivity index (χ2n) is 4.08. The van der Waals surface area contributed by atoms with E-state index in [1.807, 2.05) is 0 Å². The Morgan fingerprint density at radius 3 is 2.42 bits per heavy atom. The Morgan fingerprint density at radius 2 is 1.79 bits per heavy atom. The maximum Gasteiger partial charge on any atom is 0.165 e. The Morgan fingerprint density at radius 1 is 1.05 bits per heavy atom. The molecule has 0 aromatic heterocycles. The molecule has 0 radical (unpaired) electrons. The lowest BCUT2D eigenvalue weighted by Crippen LogP contribution is -2.03. The van der Waals surface area contributed by atoms with Crippen LogP contribution in [0.15, 0.2) is 30.3 Å². The maximum absolute atomic E-state index is 13.7. The van der Waals surface area contributed by atoms with Gasteiger partial charge in [-0.3, -0.25) is 0 Å². The Kier molecular flexibility index (Phi) is 3.76. The van der Waals surface area contributed by atoms with Crippen LogP contribution >= 0.6 is 0 Å². The first-order valence-electron chi connectivity index (χ1n) is 5.63. The third-order valence-electron chi connectivity index (χ3n) is 2.72. The monoisotopic (exact) mass is 267 g/mol. The van der Waals surface area contributed by atoms with Crippen molar-refractivity contribution in [2.75, 3.05) is 0 Å². The zero-order valence-electron chi connectivity index (χ0n) is 10.2. The number of benzene rings is 2. The van der Waals surface area contributed by atoms with E-state index in [0.717, 1.165) is 24.3 Å². The molecule has 0 aliphatic carbocycles. The van der Waals surface area contributed by atoms with Gasteiger partial charge < -0.3 is 10.5 Å². The lowest BCUT2D eigenvalue weighted by Gasteiger charge is -2.10. The predicted octanol–water partition coefficient (Wildman–Crippen LogP) is 3.66. The number of hydrogen-bond donors (Lipinski definition) is 1. The third kappa shape index (κ3) is 2.88. The van der Waals surface area contributed by atoms with Crippen molar-refractivity contribution in [3.8, 4) is 11.5 Å². The molecule has 0 aliphatic rings. The van der Waals surface area contributed by atoms with E-state index in [-0.39, 0.29) is 18.0 Å². The van der Waals surface area contributed by atoms with Crippen LogP contribution in [0.25, 0.3) is 0 Å². The molecule has 0 fully saturated rings. The van der Waals surface area contributed by atoms with Crippen LogP contribution in [0.2, 0.25) is 0 Å². The minimum Gasteiger partial charge on any atom is -0.454 e. The van der Waals surface area contributed by atoms with E-state index in [1.165, 1.54) is 6.07 Å². The molecule has 0 bridgehead atoms. The van der Waals surface area contributed by atoms with Gasteiger partial charge in [-0.25, -0.2) is 13.2 Å². The molecule has 5 heteroatoms. The van der Waals surface area contributed by atoms with Crippen molar-refractivity contribution in [3.05, 3.63) is 58.9 Å². The van der Waals surface area contributed by atoms with Crippen LogP contribution in [0.1, 0.15) is 11.1 Å². The van der Waals surface area contributed by atoms with Gasteiger partial charge >= 0.3 is 0 Å². The molecule has 0 amide bonds. The molecule has 0 atom stereocenters. The molecule has 0 spiro atoms. The zero-order valence-corrected chi connectivity index (χ0v) is 10.2. The Hall–Kier alpha value is -2.01. The van der Waals surface area contributed by atoms with Gasteiger partial charge in [-0.05, 0) is 30.7 Å². The lowest BCUT2D eigenvalue weighted by molar-refractivity contribution is 0.432. The quantitative estimate of drug-likeness (QED) is 0.921. The summed E-state index contributed by atoms with van der Waals surface area (Å²) in [6, 6.07) is 5.45. The smallest absolute Gasteiger partial charge is 0.165 e. The highest BCUT2D eigenvalue weighted by Gasteiger charge is 2.11. The first kappa shape index (κ1) is 13.4. The lowest BCUT2D eigenvalue weighted by atomic mass is 10.1. The van der Waals surface area contributed by atoms with E-state index in [9.17, 15) is 13.2 Å². The van der Waals surface area contributed by atoms with Crippen molar-refractivity contribution in [2.24, 2.45) is 5.73 Å². The number of rotatable bonds is 3. The summed E-state index contributed by atoms with van der Waals surface area (Å²) in [4.78, 5) is 0. The van der Waals surface area contributed by atoms with E-state index >= 15 is 0 Å². The minimum atomic E-state index is -0.720. The van der Waals surface area contributed by atoms with E-state index in [4.69, 9.17) is 10.5 Å². The molecule has 2 N–H and O–H groups in total. The highest BCUT2D eigenvalue weighted by atomic mass is 19.1. The van der Waals surface area contributed by atoms with Crippen molar-refractivity contribution in [1.82, 2.24) is 0 Å². The first-order valence-corrected chi connectivity index (χ1v) is 5.63. The molecular weight excluding hydrogens is 255 g/mol. The highest BCUT2D eigenvalue weighted by molar-refractivity contribution is 5.39. The number of hydrogen-bond acceptors (Lipinski definition) is 2. The van der Waals surface area contributed by atoms with Gasteiger partial charge in [0.25, 0.3) is 0 Å². The topological polar surface area (TPSA) is 35.2 Å². The van der Waals surface area contributed by atoms with Gasteiger partial charge in [0, 0.05) is 24.2 Å². The standard InChI is InChI=1S/C14H12F3NO/c1-8-4-10(6-13(17)11(8)7-18)19-14-5-9(15)2-3-12(14)16/h2-6H,7,18H2,1H3. The van der Waals surface area contributed by atoms with Crippen LogP contribution in [-0.2, 0) is 6.54 Å². The van der Waals surface area contributed by atoms with E-state index in [0.29, 0.717) is 11.1 Å². The van der Waals surface area contributed by atoms with E-state index in [1.54, 1.807) is 6.92 Å². The summed E-state index contributed by atoms with van der Waals surface area (Å²) in [6.07, 6.45) is 0. The second-order valence-corrected chi connectivity index (χ2v) is 4.08. The molecule has 2 aromatic carbocycles. The van der Waals surface area contributed by atoms with Gasteiger partial charge in [0.15, 0.2) is 11.6 Å². The van der Waals surface area contributed by atoms with E-state index < -0.39 is 17.5 Å². The third-order valence-corrected chi connectivity index (χ3v) is 2.72. The van der Waals surface area contributed by atoms with Crippen molar-refractivity contribution in [3.63, 3.8) is 0 Å². The molecule has 0 heterocycles. The maximum atomic E-state index is 13.7. The van der Waals surface area contributed by atoms with Gasteiger partial charge in [-0.2, -0.15) is 0 Å². The van der Waals surface area contributed by atoms with Gasteiger partial charge in [0.1, 0.15) is 17.4 Å². The molecule has 0 aliphatic heterocycles. The first-order chi connectivity index (χ1) is 9.01. The van der Waals surface area contributed by atoms with Crippen molar-refractivity contribution in [2.45, 2.75) is 13.5 Å². The summed E-state index contributed by atoms with van der Waals surface area (Å²) in [7, 11) is 0. The Labute approximate surface area is 108 Å². The van der Waals surface area contributed by atoms with Crippen LogP contribution in [0.5, 0.6) is 11.5 Å². The largest absolute Gasteiger partial charge is 0.454 e. The normalized spacial score (nSPS) is 10.6. The summed E-state index contributed by atoms with van der Waals surface area (Å²) in [6.45, 7) is 1.73. The molecule has 0 saturated heterocycles. The molecular formula is C14H12F3NO. The summed E-state index contributed by atoms with van der Waals surface area (Å²) in [5.74, 6) is -2.08. The number of ether oxygens (including phenoxy) is 1. The molecule has 2 rings (SSSR count). The molecule has 19 heavy (non-hydrogen) atoms. The van der Waals surface area contributed by atoms with E-state index in [2.05, 4.69) is 0 Å². The van der Waals surface area contributed by atoms with Crippen LogP contribution in [-0.4, -0.2) is 0 Å². The second kappa shape index (κ2) is 5.32. The van der Waals surface area contributed by atoms with Crippen molar-refractivity contribution >= 4 is 0 Å². The fourth-order valence-electron chi connectivity index (χ4n) is 1.74. The van der Waals surface area contributed by atoms with Crippen molar-refractivity contribution in [1.29, 1.82) is 0 Å². The van der Waals surface area contributed by atoms with Crippen LogP contribution in [0.3, 0.4) is 0 Å². The molecule has 2 aromatic rings. The Balaban J connectivity index is 2.36. The van der Waals surface area contributed by atoms with Crippen LogP contribution in [0, 0.1) is 24.4 Å². The zero-order chi connectivity index (χ0) is 14.0. The fourth-order valence-corrected chi connectivity index (χ4v) is 1.74. The SMILES string of the molecule is Cc1cc(Oc2cc(F)ccc2F)cc(F)c1CN. The average Bonchev–Trinajstić information content (AvgIpc) is 2.33. The molecule has 100 valence electrons. The van der Waals surface area contributed by atoms with Gasteiger partial charge in [0.05, 0.1) is 0 Å². The fraction of sp³-hybridized carbons (Fsp3) is 0.143. The summed E-state index contributed by atoms with van der Waals surface area (Å²) in [5.41, 5.74) is 6.37. The molecule has 0 unspecified atom stereocenters. The van der Waals surface area contributed by atoms with Gasteiger partial charge in [-0.1, -0.05) is 0 Å². The van der Waals surface area contributed by atoms with Crippen molar-refractivity contribution < 1.29 is 17.9 Å². The number of nitrogens with two attached hydrogens (primary N) is 1. The van der Waals surface area contributed by atoms with Gasteiger partial charge in [0.2, 0.25) is 0 Å². The summed E-state index contributed by atoms with van der Waals surface area (Å²) >= 11 is 0.